The van der Waals surface area contributed by atoms with Gasteiger partial charge in [0.2, 0.25) is 0 Å². The van der Waals surface area contributed by atoms with Crippen LogP contribution < -0.4 is 5.32 Å². The minimum Gasteiger partial charge on any atom is -0.340 e. The van der Waals surface area contributed by atoms with Crippen LogP contribution in [0.4, 0.5) is 4.79 Å². The number of carbonyl (C=O) groups excluding carboxylic acids is 1. The number of carbonyl (C=O) groups is 1. The van der Waals surface area contributed by atoms with E-state index in [9.17, 15) is 4.79 Å². The van der Waals surface area contributed by atoms with Crippen LogP contribution in [-0.2, 0) is 19.5 Å². The van der Waals surface area contributed by atoms with E-state index in [2.05, 4.69) is 64.5 Å². The van der Waals surface area contributed by atoms with Crippen molar-refractivity contribution in [3.63, 3.8) is 0 Å². The summed E-state index contributed by atoms with van der Waals surface area (Å²) in [5.74, 6) is 0. The second-order valence-corrected chi connectivity index (χ2v) is 6.52. The molecule has 4 rings (SSSR count). The fourth-order valence-electron chi connectivity index (χ4n) is 3.78. The molecule has 2 heterocycles. The Morgan fingerprint density at radius 3 is 2.64 bits per heavy atom. The predicted octanol–water partition coefficient (Wildman–Crippen LogP) is 3.78. The molecule has 2 aromatic carbocycles. The van der Waals surface area contributed by atoms with Crippen LogP contribution in [-0.4, -0.2) is 28.6 Å². The summed E-state index contributed by atoms with van der Waals surface area (Å²) in [6, 6.07) is 19.1. The highest BCUT2D eigenvalue weighted by molar-refractivity contribution is 5.87. The molecule has 0 fully saturated rings. The lowest BCUT2D eigenvalue weighted by Gasteiger charge is -2.28. The Balaban J connectivity index is 1.75. The zero-order chi connectivity index (χ0) is 17.2. The molecule has 0 aliphatic carbocycles. The van der Waals surface area contributed by atoms with Crippen LogP contribution in [0.25, 0.3) is 10.9 Å². The van der Waals surface area contributed by atoms with E-state index in [1.54, 1.807) is 0 Å². The maximum absolute atomic E-state index is 12.2. The summed E-state index contributed by atoms with van der Waals surface area (Å²) in [6.07, 6.45) is 0.897. The first-order chi connectivity index (χ1) is 12.3. The fourth-order valence-corrected chi connectivity index (χ4v) is 3.78. The molecule has 1 aliphatic heterocycles. The summed E-state index contributed by atoms with van der Waals surface area (Å²) in [7, 11) is 0. The van der Waals surface area contributed by atoms with Crippen LogP contribution >= 0.6 is 0 Å². The molecule has 4 nitrogen and oxygen atoms in total. The first-order valence-corrected chi connectivity index (χ1v) is 8.93. The summed E-state index contributed by atoms with van der Waals surface area (Å²) >= 11 is 0. The summed E-state index contributed by atoms with van der Waals surface area (Å²) in [6.45, 7) is 4.95. The number of amides is 2. The van der Waals surface area contributed by atoms with E-state index in [1.165, 1.54) is 27.7 Å². The minimum absolute atomic E-state index is 0.0352. The van der Waals surface area contributed by atoms with Gasteiger partial charge in [-0.3, -0.25) is 0 Å². The van der Waals surface area contributed by atoms with Crippen molar-refractivity contribution < 1.29 is 4.79 Å². The van der Waals surface area contributed by atoms with Gasteiger partial charge in [-0.05, 0) is 18.6 Å². The van der Waals surface area contributed by atoms with Crippen molar-refractivity contribution in [1.29, 1.82) is 0 Å². The number of nitrogens with zero attached hydrogens (tertiary/aromatic N) is 2. The number of rotatable bonds is 3. The molecule has 0 spiro atoms. The van der Waals surface area contributed by atoms with Crippen LogP contribution in [0.15, 0.2) is 54.6 Å². The Morgan fingerprint density at radius 1 is 1.08 bits per heavy atom. The molecule has 0 unspecified atom stereocenters. The van der Waals surface area contributed by atoms with Crippen LogP contribution in [0.5, 0.6) is 0 Å². The summed E-state index contributed by atoms with van der Waals surface area (Å²) in [4.78, 5) is 14.2. The Morgan fingerprint density at radius 2 is 1.84 bits per heavy atom. The van der Waals surface area contributed by atoms with E-state index in [0.717, 1.165) is 19.5 Å². The molecule has 3 aromatic rings. The monoisotopic (exact) mass is 333 g/mol. The van der Waals surface area contributed by atoms with Gasteiger partial charge in [-0.1, -0.05) is 48.5 Å². The smallest absolute Gasteiger partial charge is 0.317 e. The molecule has 128 valence electrons. The number of fused-ring (bicyclic) bond motifs is 3. The third-order valence-corrected chi connectivity index (χ3v) is 4.96. The van der Waals surface area contributed by atoms with E-state index in [1.807, 2.05) is 11.8 Å². The Kier molecular flexibility index (Phi) is 4.18. The molecule has 1 aliphatic rings. The van der Waals surface area contributed by atoms with Crippen LogP contribution in [0.3, 0.4) is 0 Å². The van der Waals surface area contributed by atoms with Crippen LogP contribution in [0, 0.1) is 0 Å². The second-order valence-electron chi connectivity index (χ2n) is 6.52. The van der Waals surface area contributed by atoms with Crippen molar-refractivity contribution in [2.75, 3.05) is 13.1 Å². The first-order valence-electron chi connectivity index (χ1n) is 8.93. The van der Waals surface area contributed by atoms with Crippen molar-refractivity contribution in [2.45, 2.75) is 26.4 Å². The molecule has 0 saturated heterocycles. The average molecular weight is 333 g/mol. The standard InChI is InChI=1S/C21H23N3O/c1-2-22-21(25)23-13-12-20-18(15-23)17-10-6-7-11-19(17)24(20)14-16-8-4-3-5-9-16/h3-11H,2,12-15H2,1H3,(H,22,25). The SMILES string of the molecule is CCNC(=O)N1CCc2c(c3ccccc3n2Cc2ccccc2)C1. The highest BCUT2D eigenvalue weighted by Crippen LogP contribution is 2.31. The molecular weight excluding hydrogens is 310 g/mol. The zero-order valence-corrected chi connectivity index (χ0v) is 14.5. The van der Waals surface area contributed by atoms with Gasteiger partial charge >= 0.3 is 6.03 Å². The molecule has 0 radical (unpaired) electrons. The Hall–Kier alpha value is -2.75. The van der Waals surface area contributed by atoms with Crippen molar-refractivity contribution in [2.24, 2.45) is 0 Å². The van der Waals surface area contributed by atoms with Gasteiger partial charge in [0, 0.05) is 54.8 Å². The lowest BCUT2D eigenvalue weighted by Crippen LogP contribution is -2.42. The molecular formula is C21H23N3O. The molecule has 0 bridgehead atoms. The quantitative estimate of drug-likeness (QED) is 0.778. The number of aromatic nitrogens is 1. The highest BCUT2D eigenvalue weighted by Gasteiger charge is 2.26. The number of benzene rings is 2. The molecule has 1 aromatic heterocycles. The van der Waals surface area contributed by atoms with Gasteiger partial charge in [-0.2, -0.15) is 0 Å². The summed E-state index contributed by atoms with van der Waals surface area (Å²) < 4.78 is 2.43. The average Bonchev–Trinajstić information content (AvgIpc) is 2.96. The second kappa shape index (κ2) is 6.63. The normalized spacial score (nSPS) is 13.7. The van der Waals surface area contributed by atoms with Crippen molar-refractivity contribution in [3.8, 4) is 0 Å². The minimum atomic E-state index is 0.0352. The van der Waals surface area contributed by atoms with Crippen LogP contribution in [0.1, 0.15) is 23.7 Å². The van der Waals surface area contributed by atoms with E-state index in [4.69, 9.17) is 0 Å². The molecule has 25 heavy (non-hydrogen) atoms. The molecule has 2 amide bonds. The molecule has 0 atom stereocenters. The van der Waals surface area contributed by atoms with Crippen molar-refractivity contribution in [1.82, 2.24) is 14.8 Å². The molecule has 4 heteroatoms. The predicted molar refractivity (Wildman–Crippen MR) is 101 cm³/mol. The van der Waals surface area contributed by atoms with E-state index in [0.29, 0.717) is 13.1 Å². The highest BCUT2D eigenvalue weighted by atomic mass is 16.2. The Labute approximate surface area is 148 Å². The number of urea groups is 1. The maximum atomic E-state index is 12.2. The van der Waals surface area contributed by atoms with Gasteiger partial charge in [0.05, 0.1) is 0 Å². The zero-order valence-electron chi connectivity index (χ0n) is 14.5. The molecule has 0 saturated carbocycles. The third kappa shape index (κ3) is 2.88. The van der Waals surface area contributed by atoms with Crippen LogP contribution in [0.2, 0.25) is 0 Å². The fraction of sp³-hybridized carbons (Fsp3) is 0.286. The van der Waals surface area contributed by atoms with Gasteiger partial charge in [-0.15, -0.1) is 0 Å². The van der Waals surface area contributed by atoms with Crippen molar-refractivity contribution >= 4 is 16.9 Å². The number of para-hydroxylation sites is 1. The number of hydrogen-bond acceptors (Lipinski definition) is 1. The van der Waals surface area contributed by atoms with Gasteiger partial charge in [0.25, 0.3) is 0 Å². The van der Waals surface area contributed by atoms with E-state index < -0.39 is 0 Å². The lowest BCUT2D eigenvalue weighted by molar-refractivity contribution is 0.192. The largest absolute Gasteiger partial charge is 0.340 e. The van der Waals surface area contributed by atoms with Crippen molar-refractivity contribution in [3.05, 3.63) is 71.4 Å². The molecule has 1 N–H and O–H groups in total. The first kappa shape index (κ1) is 15.8. The van der Waals surface area contributed by atoms with E-state index in [-0.39, 0.29) is 6.03 Å². The number of hydrogen-bond donors (Lipinski definition) is 1. The summed E-state index contributed by atoms with van der Waals surface area (Å²) in [5.41, 5.74) is 5.22. The Bertz CT molecular complexity index is 898. The third-order valence-electron chi connectivity index (χ3n) is 4.96. The lowest BCUT2D eigenvalue weighted by atomic mass is 10.0. The maximum Gasteiger partial charge on any atom is 0.317 e. The van der Waals surface area contributed by atoms with Gasteiger partial charge in [-0.25, -0.2) is 4.79 Å². The van der Waals surface area contributed by atoms with Gasteiger partial charge < -0.3 is 14.8 Å². The summed E-state index contributed by atoms with van der Waals surface area (Å²) in [5, 5.41) is 4.19. The topological polar surface area (TPSA) is 37.3 Å². The van der Waals surface area contributed by atoms with E-state index >= 15 is 0 Å². The number of nitrogens with one attached hydrogen (secondary N) is 1. The van der Waals surface area contributed by atoms with Gasteiger partial charge in [0.15, 0.2) is 0 Å². The van der Waals surface area contributed by atoms with Gasteiger partial charge in [0.1, 0.15) is 0 Å².